The highest BCUT2D eigenvalue weighted by Crippen LogP contribution is 2.37. The van der Waals surface area contributed by atoms with Crippen molar-refractivity contribution >= 4 is 23.1 Å². The molecule has 1 heterocycles. The topological polar surface area (TPSA) is 68.3 Å². The second-order valence-electron chi connectivity index (χ2n) is 8.80. The maximum atomic E-state index is 13.8. The van der Waals surface area contributed by atoms with Crippen molar-refractivity contribution in [1.82, 2.24) is 9.97 Å². The molecule has 0 spiro atoms. The summed E-state index contributed by atoms with van der Waals surface area (Å²) in [6.07, 6.45) is 3.44. The third kappa shape index (κ3) is 7.02. The summed E-state index contributed by atoms with van der Waals surface area (Å²) in [5, 5.41) is 5.81. The van der Waals surface area contributed by atoms with Crippen molar-refractivity contribution in [2.75, 3.05) is 17.2 Å². The second-order valence-corrected chi connectivity index (χ2v) is 8.80. The monoisotopic (exact) mass is 500 g/mol. The second kappa shape index (κ2) is 12.0. The average molecular weight is 501 g/mol. The minimum absolute atomic E-state index is 0.0378. The summed E-state index contributed by atoms with van der Waals surface area (Å²) in [4.78, 5) is 8.06. The van der Waals surface area contributed by atoms with E-state index in [0.29, 0.717) is 23.7 Å². The van der Waals surface area contributed by atoms with Gasteiger partial charge in [-0.15, -0.1) is 0 Å². The van der Waals surface area contributed by atoms with Crippen LogP contribution < -0.4 is 20.1 Å². The number of aromatic nitrogens is 2. The molecule has 0 radical (unpaired) electrons. The van der Waals surface area contributed by atoms with Gasteiger partial charge < -0.3 is 20.1 Å². The first-order chi connectivity index (χ1) is 17.4. The molecule has 3 aromatic rings. The predicted molar refractivity (Wildman–Crippen MR) is 134 cm³/mol. The fraction of sp³-hybridized carbons (Fsp3) is 0.407. The van der Waals surface area contributed by atoms with E-state index in [1.54, 1.807) is 48.5 Å². The molecule has 1 aromatic heterocycles. The molecule has 1 fully saturated rings. The zero-order valence-electron chi connectivity index (χ0n) is 20.3. The molecule has 192 valence electrons. The number of rotatable bonds is 10. The fourth-order valence-electron chi connectivity index (χ4n) is 4.01. The lowest BCUT2D eigenvalue weighted by atomic mass is 9.98. The Morgan fingerprint density at radius 2 is 1.72 bits per heavy atom. The summed E-state index contributed by atoms with van der Waals surface area (Å²) in [7, 11) is 0. The average Bonchev–Trinajstić information content (AvgIpc) is 2.87. The van der Waals surface area contributed by atoms with Gasteiger partial charge in [0.15, 0.2) is 0 Å². The Hall–Kier alpha value is -3.49. The SMILES string of the molecule is CCCCOc1ccc(Nc2ncc(C(F)(F)F)c(Nc3ccccc3OC3CCCCC3)n2)cc1. The normalized spacial score (nSPS) is 14.3. The molecule has 0 saturated heterocycles. The minimum Gasteiger partial charge on any atom is -0.494 e. The van der Waals surface area contributed by atoms with Crippen LogP contribution in [-0.4, -0.2) is 22.7 Å². The predicted octanol–water partition coefficient (Wildman–Crippen LogP) is 7.87. The van der Waals surface area contributed by atoms with E-state index in [1.165, 1.54) is 6.42 Å². The highest BCUT2D eigenvalue weighted by atomic mass is 19.4. The Kier molecular flexibility index (Phi) is 8.51. The number of benzene rings is 2. The van der Waals surface area contributed by atoms with Crippen LogP contribution in [0.25, 0.3) is 0 Å². The number of anilines is 4. The van der Waals surface area contributed by atoms with Crippen LogP contribution in [0.2, 0.25) is 0 Å². The zero-order chi connectivity index (χ0) is 25.4. The molecule has 0 unspecified atom stereocenters. The summed E-state index contributed by atoms with van der Waals surface area (Å²) < 4.78 is 53.1. The van der Waals surface area contributed by atoms with Crippen molar-refractivity contribution in [3.63, 3.8) is 0 Å². The van der Waals surface area contributed by atoms with E-state index in [4.69, 9.17) is 9.47 Å². The number of unbranched alkanes of at least 4 members (excludes halogenated alkanes) is 1. The van der Waals surface area contributed by atoms with Gasteiger partial charge in [0.25, 0.3) is 0 Å². The van der Waals surface area contributed by atoms with E-state index in [1.807, 2.05) is 0 Å². The molecule has 0 bridgehead atoms. The smallest absolute Gasteiger partial charge is 0.421 e. The molecule has 0 atom stereocenters. The molecule has 9 heteroatoms. The van der Waals surface area contributed by atoms with Crippen LogP contribution in [0.5, 0.6) is 11.5 Å². The summed E-state index contributed by atoms with van der Waals surface area (Å²) in [5.41, 5.74) is 0.0941. The molecule has 1 aliphatic rings. The van der Waals surface area contributed by atoms with Crippen LogP contribution in [0.3, 0.4) is 0 Å². The molecule has 36 heavy (non-hydrogen) atoms. The van der Waals surface area contributed by atoms with Crippen LogP contribution in [0.1, 0.15) is 57.4 Å². The first kappa shape index (κ1) is 25.6. The van der Waals surface area contributed by atoms with E-state index in [9.17, 15) is 13.2 Å². The van der Waals surface area contributed by atoms with Crippen LogP contribution in [0.15, 0.2) is 54.7 Å². The summed E-state index contributed by atoms with van der Waals surface area (Å²) >= 11 is 0. The number of halogens is 3. The first-order valence-corrected chi connectivity index (χ1v) is 12.4. The summed E-state index contributed by atoms with van der Waals surface area (Å²) in [5.74, 6) is 0.915. The third-order valence-electron chi connectivity index (χ3n) is 5.96. The van der Waals surface area contributed by atoms with Gasteiger partial charge >= 0.3 is 6.18 Å². The number of hydrogen-bond acceptors (Lipinski definition) is 6. The minimum atomic E-state index is -4.63. The Morgan fingerprint density at radius 3 is 2.44 bits per heavy atom. The molecule has 2 aromatic carbocycles. The van der Waals surface area contributed by atoms with Gasteiger partial charge in [0.2, 0.25) is 5.95 Å². The van der Waals surface area contributed by atoms with Crippen molar-refractivity contribution in [1.29, 1.82) is 0 Å². The highest BCUT2D eigenvalue weighted by molar-refractivity contribution is 5.67. The molecule has 1 saturated carbocycles. The Balaban J connectivity index is 1.54. The standard InChI is InChI=1S/C27H31F3N4O2/c1-2-3-17-35-20-15-13-19(14-16-20)32-26-31-18-22(27(28,29)30)25(34-26)33-23-11-7-8-12-24(23)36-21-9-5-4-6-10-21/h7-8,11-16,18,21H,2-6,9-10,17H2,1H3,(H2,31,32,33,34). The van der Waals surface area contributed by atoms with E-state index in [-0.39, 0.29) is 17.9 Å². The van der Waals surface area contributed by atoms with Crippen LogP contribution >= 0.6 is 0 Å². The first-order valence-electron chi connectivity index (χ1n) is 12.4. The van der Waals surface area contributed by atoms with Gasteiger partial charge in [0, 0.05) is 11.9 Å². The molecule has 0 amide bonds. The van der Waals surface area contributed by atoms with Crippen molar-refractivity contribution < 1.29 is 22.6 Å². The van der Waals surface area contributed by atoms with Gasteiger partial charge in [-0.3, -0.25) is 0 Å². The summed E-state index contributed by atoms with van der Waals surface area (Å²) in [6.45, 7) is 2.72. The molecular formula is C27H31F3N4O2. The van der Waals surface area contributed by atoms with Crippen molar-refractivity contribution in [2.45, 2.75) is 64.1 Å². The highest BCUT2D eigenvalue weighted by Gasteiger charge is 2.35. The van der Waals surface area contributed by atoms with Crippen LogP contribution in [0, 0.1) is 0 Å². The zero-order valence-corrected chi connectivity index (χ0v) is 20.3. The number of hydrogen-bond donors (Lipinski definition) is 2. The van der Waals surface area contributed by atoms with Gasteiger partial charge in [-0.2, -0.15) is 18.2 Å². The van der Waals surface area contributed by atoms with Gasteiger partial charge in [0.05, 0.1) is 18.4 Å². The van der Waals surface area contributed by atoms with Crippen LogP contribution in [-0.2, 0) is 6.18 Å². The quantitative estimate of drug-likeness (QED) is 0.276. The lowest BCUT2D eigenvalue weighted by Gasteiger charge is -2.24. The van der Waals surface area contributed by atoms with E-state index in [2.05, 4.69) is 27.5 Å². The lowest BCUT2D eigenvalue weighted by molar-refractivity contribution is -0.137. The van der Waals surface area contributed by atoms with Gasteiger partial charge in [-0.05, 0) is 68.5 Å². The molecule has 1 aliphatic carbocycles. The number of alkyl halides is 3. The molecule has 4 rings (SSSR count). The Morgan fingerprint density at radius 1 is 0.972 bits per heavy atom. The Bertz CT molecular complexity index is 1120. The third-order valence-corrected chi connectivity index (χ3v) is 5.96. The lowest BCUT2D eigenvalue weighted by Crippen LogP contribution is -2.20. The fourth-order valence-corrected chi connectivity index (χ4v) is 4.01. The van der Waals surface area contributed by atoms with E-state index in [0.717, 1.165) is 50.5 Å². The molecular weight excluding hydrogens is 469 g/mol. The van der Waals surface area contributed by atoms with Gasteiger partial charge in [-0.1, -0.05) is 31.9 Å². The van der Waals surface area contributed by atoms with Crippen LogP contribution in [0.4, 0.5) is 36.3 Å². The molecule has 6 nitrogen and oxygen atoms in total. The largest absolute Gasteiger partial charge is 0.494 e. The molecule has 2 N–H and O–H groups in total. The van der Waals surface area contributed by atoms with Crippen molar-refractivity contribution in [3.05, 3.63) is 60.3 Å². The number of para-hydroxylation sites is 2. The molecule has 0 aliphatic heterocycles. The number of nitrogens with zero attached hydrogens (tertiary/aromatic N) is 2. The van der Waals surface area contributed by atoms with E-state index >= 15 is 0 Å². The maximum absolute atomic E-state index is 13.8. The summed E-state index contributed by atoms with van der Waals surface area (Å²) in [6, 6.07) is 14.1. The van der Waals surface area contributed by atoms with Crippen molar-refractivity contribution in [2.24, 2.45) is 0 Å². The van der Waals surface area contributed by atoms with Crippen molar-refractivity contribution in [3.8, 4) is 11.5 Å². The van der Waals surface area contributed by atoms with Gasteiger partial charge in [-0.25, -0.2) is 4.98 Å². The Labute approximate surface area is 209 Å². The number of nitrogens with one attached hydrogen (secondary N) is 2. The van der Waals surface area contributed by atoms with E-state index < -0.39 is 11.7 Å². The number of ether oxygens (including phenoxy) is 2. The maximum Gasteiger partial charge on any atom is 0.421 e. The van der Waals surface area contributed by atoms with Gasteiger partial charge in [0.1, 0.15) is 22.9 Å².